The second-order valence-electron chi connectivity index (χ2n) is 7.84. The standard InChI is InChI=1S/C25H28N4O5/c1-3-20(24(31)32)23(26)21(30)14-18-11-8-12-19(13-18)34-16-22-27-29(25(33)28(22)4-2)15-17-9-6-5-7-10-17/h5-13,20,26H,3-4,14-16H2,1-2H3,(H,31,32)/t20-/m1/s1. The Morgan fingerprint density at radius 3 is 2.44 bits per heavy atom. The average Bonchev–Trinajstić information content (AvgIpc) is 3.12. The van der Waals surface area contributed by atoms with Gasteiger partial charge in [0.05, 0.1) is 12.3 Å². The van der Waals surface area contributed by atoms with Crippen molar-refractivity contribution in [2.75, 3.05) is 0 Å². The highest BCUT2D eigenvalue weighted by Crippen LogP contribution is 2.17. The summed E-state index contributed by atoms with van der Waals surface area (Å²) >= 11 is 0. The van der Waals surface area contributed by atoms with Gasteiger partial charge in [-0.05, 0) is 36.6 Å². The van der Waals surface area contributed by atoms with E-state index in [1.165, 1.54) is 4.68 Å². The lowest BCUT2D eigenvalue weighted by atomic mass is 9.94. The van der Waals surface area contributed by atoms with Crippen LogP contribution in [0.25, 0.3) is 0 Å². The largest absolute Gasteiger partial charge is 0.486 e. The van der Waals surface area contributed by atoms with E-state index in [-0.39, 0.29) is 25.1 Å². The van der Waals surface area contributed by atoms with Gasteiger partial charge in [0.2, 0.25) is 0 Å². The van der Waals surface area contributed by atoms with Crippen LogP contribution in [0.4, 0.5) is 0 Å². The van der Waals surface area contributed by atoms with Crippen LogP contribution in [0.2, 0.25) is 0 Å². The van der Waals surface area contributed by atoms with Gasteiger partial charge in [-0.3, -0.25) is 14.2 Å². The van der Waals surface area contributed by atoms with Gasteiger partial charge in [-0.1, -0.05) is 49.4 Å². The SMILES string of the molecule is CC[C@H](C(=N)C(=O)Cc1cccc(OCc2nn(Cc3ccccc3)c(=O)n2CC)c1)C(=O)O. The molecule has 0 aliphatic heterocycles. The molecule has 1 aromatic heterocycles. The molecule has 0 saturated carbocycles. The third kappa shape index (κ3) is 5.86. The normalized spacial score (nSPS) is 11.7. The molecule has 1 atom stereocenters. The van der Waals surface area contributed by atoms with E-state index in [1.54, 1.807) is 35.8 Å². The zero-order valence-electron chi connectivity index (χ0n) is 19.2. The fourth-order valence-corrected chi connectivity index (χ4v) is 3.64. The second kappa shape index (κ2) is 11.2. The topological polar surface area (TPSA) is 127 Å². The maximum absolute atomic E-state index is 12.7. The molecular weight excluding hydrogens is 436 g/mol. The summed E-state index contributed by atoms with van der Waals surface area (Å²) in [4.78, 5) is 36.4. The third-order valence-corrected chi connectivity index (χ3v) is 5.48. The highest BCUT2D eigenvalue weighted by Gasteiger charge is 2.26. The minimum absolute atomic E-state index is 0.0645. The molecule has 34 heavy (non-hydrogen) atoms. The van der Waals surface area contributed by atoms with Crippen LogP contribution in [0.3, 0.4) is 0 Å². The number of benzene rings is 2. The van der Waals surface area contributed by atoms with E-state index in [2.05, 4.69) is 5.10 Å². The van der Waals surface area contributed by atoms with Crippen LogP contribution in [0.15, 0.2) is 59.4 Å². The number of rotatable bonds is 12. The van der Waals surface area contributed by atoms with Crippen molar-refractivity contribution in [3.05, 3.63) is 82.0 Å². The fourth-order valence-electron chi connectivity index (χ4n) is 3.64. The number of carboxylic acids is 1. The maximum Gasteiger partial charge on any atom is 0.346 e. The van der Waals surface area contributed by atoms with Crippen molar-refractivity contribution in [1.29, 1.82) is 5.41 Å². The number of hydrogen-bond acceptors (Lipinski definition) is 6. The Balaban J connectivity index is 1.69. The Hall–Kier alpha value is -4.01. The molecule has 9 nitrogen and oxygen atoms in total. The first-order valence-electron chi connectivity index (χ1n) is 11.1. The van der Waals surface area contributed by atoms with Crippen LogP contribution < -0.4 is 10.4 Å². The minimum atomic E-state index is -1.17. The van der Waals surface area contributed by atoms with Gasteiger partial charge in [-0.15, -0.1) is 0 Å². The van der Waals surface area contributed by atoms with Crippen LogP contribution in [-0.2, 0) is 35.7 Å². The number of Topliss-reactive ketones (excluding diaryl/α,β-unsaturated/α-hetero) is 1. The molecule has 2 aromatic carbocycles. The Morgan fingerprint density at radius 1 is 1.09 bits per heavy atom. The van der Waals surface area contributed by atoms with Gasteiger partial charge in [-0.25, -0.2) is 9.48 Å². The molecule has 0 unspecified atom stereocenters. The predicted octanol–water partition coefficient (Wildman–Crippen LogP) is 2.93. The van der Waals surface area contributed by atoms with Crippen molar-refractivity contribution in [2.24, 2.45) is 5.92 Å². The van der Waals surface area contributed by atoms with Crippen LogP contribution >= 0.6 is 0 Å². The van der Waals surface area contributed by atoms with Crippen molar-refractivity contribution < 1.29 is 19.4 Å². The number of ketones is 1. The lowest BCUT2D eigenvalue weighted by Crippen LogP contribution is -2.30. The number of carbonyl (C=O) groups is 2. The number of hydrogen-bond donors (Lipinski definition) is 2. The summed E-state index contributed by atoms with van der Waals surface area (Å²) in [6.45, 7) is 4.37. The first kappa shape index (κ1) is 24.6. The van der Waals surface area contributed by atoms with Gasteiger partial charge in [0.15, 0.2) is 11.6 Å². The highest BCUT2D eigenvalue weighted by atomic mass is 16.5. The molecule has 0 bridgehead atoms. The first-order chi connectivity index (χ1) is 16.3. The van der Waals surface area contributed by atoms with E-state index < -0.39 is 23.4 Å². The van der Waals surface area contributed by atoms with Gasteiger partial charge in [0.1, 0.15) is 18.3 Å². The zero-order valence-corrected chi connectivity index (χ0v) is 19.2. The van der Waals surface area contributed by atoms with Crippen LogP contribution in [0.1, 0.15) is 37.2 Å². The molecule has 1 heterocycles. The van der Waals surface area contributed by atoms with Gasteiger partial charge < -0.3 is 15.3 Å². The summed E-state index contributed by atoms with van der Waals surface area (Å²) in [5.74, 6) is -1.85. The lowest BCUT2D eigenvalue weighted by molar-refractivity contribution is -0.139. The molecule has 0 spiro atoms. The molecule has 3 rings (SSSR count). The molecule has 0 radical (unpaired) electrons. The molecule has 2 N–H and O–H groups in total. The number of nitrogens with one attached hydrogen (secondary N) is 1. The quantitative estimate of drug-likeness (QED) is 0.397. The van der Waals surface area contributed by atoms with E-state index in [9.17, 15) is 19.5 Å². The van der Waals surface area contributed by atoms with Crippen molar-refractivity contribution >= 4 is 17.5 Å². The molecule has 0 amide bonds. The Kier molecular flexibility index (Phi) is 8.13. The van der Waals surface area contributed by atoms with Gasteiger partial charge in [0.25, 0.3) is 0 Å². The van der Waals surface area contributed by atoms with Crippen LogP contribution in [0.5, 0.6) is 5.75 Å². The van der Waals surface area contributed by atoms with Crippen molar-refractivity contribution in [1.82, 2.24) is 14.3 Å². The monoisotopic (exact) mass is 464 g/mol. The maximum atomic E-state index is 12.7. The van der Waals surface area contributed by atoms with Crippen molar-refractivity contribution in [2.45, 2.75) is 46.4 Å². The number of aromatic nitrogens is 3. The molecule has 0 fully saturated rings. The summed E-state index contributed by atoms with van der Waals surface area (Å²) in [5, 5.41) is 21.5. The smallest absolute Gasteiger partial charge is 0.346 e. The Bertz CT molecular complexity index is 1230. The van der Waals surface area contributed by atoms with Crippen molar-refractivity contribution in [3.8, 4) is 5.75 Å². The van der Waals surface area contributed by atoms with Crippen LogP contribution in [0, 0.1) is 11.3 Å². The van der Waals surface area contributed by atoms with E-state index in [1.807, 2.05) is 37.3 Å². The Morgan fingerprint density at radius 2 is 1.79 bits per heavy atom. The van der Waals surface area contributed by atoms with E-state index >= 15 is 0 Å². The molecule has 0 saturated heterocycles. The average molecular weight is 465 g/mol. The minimum Gasteiger partial charge on any atom is -0.486 e. The van der Waals surface area contributed by atoms with E-state index in [0.717, 1.165) is 5.56 Å². The number of nitrogens with zero attached hydrogens (tertiary/aromatic N) is 3. The molecule has 178 valence electrons. The van der Waals surface area contributed by atoms with Gasteiger partial charge >= 0.3 is 11.7 Å². The summed E-state index contributed by atoms with van der Waals surface area (Å²) in [5.41, 5.74) is 0.952. The first-order valence-corrected chi connectivity index (χ1v) is 11.1. The predicted molar refractivity (Wildman–Crippen MR) is 126 cm³/mol. The number of carboxylic acid groups (broad SMARTS) is 1. The zero-order chi connectivity index (χ0) is 24.7. The third-order valence-electron chi connectivity index (χ3n) is 5.48. The second-order valence-corrected chi connectivity index (χ2v) is 7.84. The van der Waals surface area contributed by atoms with Gasteiger partial charge in [-0.2, -0.15) is 5.10 Å². The Labute approximate surface area is 197 Å². The molecular formula is C25H28N4O5. The highest BCUT2D eigenvalue weighted by molar-refractivity contribution is 6.42. The molecule has 9 heteroatoms. The lowest BCUT2D eigenvalue weighted by Gasteiger charge is -2.11. The number of aliphatic carboxylic acids is 1. The number of ether oxygens (including phenoxy) is 1. The summed E-state index contributed by atoms with van der Waals surface area (Å²) in [7, 11) is 0. The number of carbonyl (C=O) groups excluding carboxylic acids is 1. The van der Waals surface area contributed by atoms with Crippen molar-refractivity contribution in [3.63, 3.8) is 0 Å². The summed E-state index contributed by atoms with van der Waals surface area (Å²) in [6, 6.07) is 16.4. The van der Waals surface area contributed by atoms with Gasteiger partial charge in [0, 0.05) is 13.0 Å². The summed E-state index contributed by atoms with van der Waals surface area (Å²) in [6.07, 6.45) is 0.0876. The molecule has 0 aliphatic rings. The molecule has 0 aliphatic carbocycles. The van der Waals surface area contributed by atoms with E-state index in [4.69, 9.17) is 10.1 Å². The van der Waals surface area contributed by atoms with Crippen LogP contribution in [-0.4, -0.2) is 36.9 Å². The molecule has 3 aromatic rings. The summed E-state index contributed by atoms with van der Waals surface area (Å²) < 4.78 is 8.81. The fraction of sp³-hybridized carbons (Fsp3) is 0.320. The van der Waals surface area contributed by atoms with E-state index in [0.29, 0.717) is 30.2 Å².